The molecule has 106 valence electrons. The van der Waals surface area contributed by atoms with Gasteiger partial charge in [-0.15, -0.1) is 0 Å². The standard InChI is InChI=1S/C15H17FN2O2/c1-18(2)14(12-4-3-5-13(16)8-12)15(19)17-9-11-6-7-20-10-11/h3-8,10,14H,9H2,1-2H3,(H,17,19). The molecular weight excluding hydrogens is 259 g/mol. The maximum Gasteiger partial charge on any atom is 0.242 e. The number of nitrogens with one attached hydrogen (secondary N) is 1. The molecule has 0 aliphatic rings. The van der Waals surface area contributed by atoms with Gasteiger partial charge in [-0.05, 0) is 37.9 Å². The lowest BCUT2D eigenvalue weighted by Gasteiger charge is -2.23. The summed E-state index contributed by atoms with van der Waals surface area (Å²) in [6.07, 6.45) is 3.13. The van der Waals surface area contributed by atoms with Gasteiger partial charge in [-0.25, -0.2) is 4.39 Å². The lowest BCUT2D eigenvalue weighted by molar-refractivity contribution is -0.125. The second-order valence-corrected chi connectivity index (χ2v) is 4.77. The number of halogens is 1. The number of rotatable bonds is 5. The number of carbonyl (C=O) groups is 1. The first kappa shape index (κ1) is 14.3. The van der Waals surface area contributed by atoms with Crippen molar-refractivity contribution in [3.8, 4) is 0 Å². The Bertz CT molecular complexity index is 567. The van der Waals surface area contributed by atoms with E-state index in [0.717, 1.165) is 5.56 Å². The van der Waals surface area contributed by atoms with E-state index in [0.29, 0.717) is 12.1 Å². The number of amides is 1. The van der Waals surface area contributed by atoms with E-state index in [4.69, 9.17) is 4.42 Å². The van der Waals surface area contributed by atoms with E-state index in [1.54, 1.807) is 49.7 Å². The molecule has 2 aromatic rings. The van der Waals surface area contributed by atoms with Gasteiger partial charge in [0.1, 0.15) is 11.9 Å². The van der Waals surface area contributed by atoms with Crippen LogP contribution in [0.25, 0.3) is 0 Å². The molecule has 1 aromatic carbocycles. The molecule has 0 saturated carbocycles. The van der Waals surface area contributed by atoms with Crippen molar-refractivity contribution in [3.63, 3.8) is 0 Å². The van der Waals surface area contributed by atoms with Crippen LogP contribution in [-0.2, 0) is 11.3 Å². The van der Waals surface area contributed by atoms with Gasteiger partial charge in [-0.3, -0.25) is 9.69 Å². The fourth-order valence-corrected chi connectivity index (χ4v) is 2.04. The average Bonchev–Trinajstić information content (AvgIpc) is 2.89. The van der Waals surface area contributed by atoms with Crippen LogP contribution in [0, 0.1) is 5.82 Å². The number of benzene rings is 1. The van der Waals surface area contributed by atoms with Gasteiger partial charge in [0.05, 0.1) is 12.5 Å². The fourth-order valence-electron chi connectivity index (χ4n) is 2.04. The zero-order valence-electron chi connectivity index (χ0n) is 11.5. The molecule has 20 heavy (non-hydrogen) atoms. The van der Waals surface area contributed by atoms with E-state index >= 15 is 0 Å². The van der Waals surface area contributed by atoms with Crippen molar-refractivity contribution in [1.29, 1.82) is 0 Å². The Labute approximate surface area is 117 Å². The largest absolute Gasteiger partial charge is 0.472 e. The Kier molecular flexibility index (Phi) is 4.53. The van der Waals surface area contributed by atoms with Crippen LogP contribution >= 0.6 is 0 Å². The Morgan fingerprint density at radius 2 is 2.20 bits per heavy atom. The van der Waals surface area contributed by atoms with Gasteiger partial charge in [0, 0.05) is 12.1 Å². The zero-order valence-corrected chi connectivity index (χ0v) is 11.5. The summed E-state index contributed by atoms with van der Waals surface area (Å²) in [6.45, 7) is 0.384. The summed E-state index contributed by atoms with van der Waals surface area (Å²) in [5.41, 5.74) is 1.51. The first-order chi connectivity index (χ1) is 9.58. The topological polar surface area (TPSA) is 45.5 Å². The fraction of sp³-hybridized carbons (Fsp3) is 0.267. The Hall–Kier alpha value is -2.14. The van der Waals surface area contributed by atoms with Crippen LogP contribution in [-0.4, -0.2) is 24.9 Å². The Morgan fingerprint density at radius 3 is 2.80 bits per heavy atom. The molecule has 0 fully saturated rings. The summed E-state index contributed by atoms with van der Waals surface area (Å²) in [4.78, 5) is 14.0. The SMILES string of the molecule is CN(C)C(C(=O)NCc1ccoc1)c1cccc(F)c1. The van der Waals surface area contributed by atoms with Crippen molar-refractivity contribution in [1.82, 2.24) is 10.2 Å². The van der Waals surface area contributed by atoms with E-state index in [1.165, 1.54) is 12.1 Å². The second-order valence-electron chi connectivity index (χ2n) is 4.77. The third-order valence-electron chi connectivity index (χ3n) is 2.98. The molecule has 1 N–H and O–H groups in total. The third kappa shape index (κ3) is 3.45. The Balaban J connectivity index is 2.10. The van der Waals surface area contributed by atoms with Gasteiger partial charge in [0.15, 0.2) is 0 Å². The number of likely N-dealkylation sites (N-methyl/N-ethyl adjacent to an activating group) is 1. The molecule has 2 rings (SSSR count). The van der Waals surface area contributed by atoms with Gasteiger partial charge in [0.25, 0.3) is 0 Å². The lowest BCUT2D eigenvalue weighted by Crippen LogP contribution is -2.36. The molecule has 0 saturated heterocycles. The maximum absolute atomic E-state index is 13.3. The molecule has 0 bridgehead atoms. The van der Waals surface area contributed by atoms with Crippen LogP contribution in [0.2, 0.25) is 0 Å². The van der Waals surface area contributed by atoms with E-state index in [-0.39, 0.29) is 11.7 Å². The number of carbonyl (C=O) groups excluding carboxylic acids is 1. The summed E-state index contributed by atoms with van der Waals surface area (Å²) in [5.74, 6) is -0.529. The number of nitrogens with zero attached hydrogens (tertiary/aromatic N) is 1. The highest BCUT2D eigenvalue weighted by atomic mass is 19.1. The highest BCUT2D eigenvalue weighted by Gasteiger charge is 2.23. The van der Waals surface area contributed by atoms with Crippen molar-refractivity contribution in [2.45, 2.75) is 12.6 Å². The summed E-state index contributed by atoms with van der Waals surface area (Å²) in [7, 11) is 3.57. The quantitative estimate of drug-likeness (QED) is 0.911. The van der Waals surface area contributed by atoms with Crippen LogP contribution in [0.4, 0.5) is 4.39 Å². The predicted molar refractivity (Wildman–Crippen MR) is 73.4 cm³/mol. The first-order valence-corrected chi connectivity index (χ1v) is 6.28. The van der Waals surface area contributed by atoms with Crippen LogP contribution in [0.3, 0.4) is 0 Å². The molecule has 1 unspecified atom stereocenters. The highest BCUT2D eigenvalue weighted by molar-refractivity contribution is 5.83. The normalized spacial score (nSPS) is 12.4. The van der Waals surface area contributed by atoms with E-state index in [2.05, 4.69) is 5.32 Å². The van der Waals surface area contributed by atoms with Crippen LogP contribution < -0.4 is 5.32 Å². The second kappa shape index (κ2) is 6.34. The molecule has 0 spiro atoms. The minimum atomic E-state index is -0.530. The highest BCUT2D eigenvalue weighted by Crippen LogP contribution is 2.19. The molecule has 1 amide bonds. The predicted octanol–water partition coefficient (Wildman–Crippen LogP) is 2.34. The van der Waals surface area contributed by atoms with E-state index in [1.807, 2.05) is 0 Å². The molecule has 0 aliphatic carbocycles. The summed E-state index contributed by atoms with van der Waals surface area (Å²) in [6, 6.07) is 7.34. The summed E-state index contributed by atoms with van der Waals surface area (Å²) in [5, 5.41) is 2.82. The van der Waals surface area contributed by atoms with Crippen molar-refractivity contribution < 1.29 is 13.6 Å². The lowest BCUT2D eigenvalue weighted by atomic mass is 10.0. The van der Waals surface area contributed by atoms with Crippen LogP contribution in [0.15, 0.2) is 47.3 Å². The smallest absolute Gasteiger partial charge is 0.242 e. The number of hydrogen-bond acceptors (Lipinski definition) is 3. The minimum Gasteiger partial charge on any atom is -0.472 e. The molecule has 5 heteroatoms. The molecule has 0 aliphatic heterocycles. The molecule has 0 radical (unpaired) electrons. The zero-order chi connectivity index (χ0) is 14.5. The molecule has 1 aromatic heterocycles. The monoisotopic (exact) mass is 276 g/mol. The van der Waals surface area contributed by atoms with Crippen molar-refractivity contribution in [3.05, 3.63) is 59.8 Å². The minimum absolute atomic E-state index is 0.179. The van der Waals surface area contributed by atoms with Crippen LogP contribution in [0.5, 0.6) is 0 Å². The molecule has 1 heterocycles. The maximum atomic E-state index is 13.3. The summed E-state index contributed by atoms with van der Waals surface area (Å²) >= 11 is 0. The molecule has 4 nitrogen and oxygen atoms in total. The summed E-state index contributed by atoms with van der Waals surface area (Å²) < 4.78 is 18.2. The third-order valence-corrected chi connectivity index (χ3v) is 2.98. The Morgan fingerprint density at radius 1 is 1.40 bits per heavy atom. The first-order valence-electron chi connectivity index (χ1n) is 6.28. The van der Waals surface area contributed by atoms with Crippen molar-refractivity contribution in [2.75, 3.05) is 14.1 Å². The van der Waals surface area contributed by atoms with Crippen molar-refractivity contribution in [2.24, 2.45) is 0 Å². The number of hydrogen-bond donors (Lipinski definition) is 1. The average molecular weight is 276 g/mol. The van der Waals surface area contributed by atoms with Gasteiger partial charge in [-0.2, -0.15) is 0 Å². The van der Waals surface area contributed by atoms with Gasteiger partial charge < -0.3 is 9.73 Å². The van der Waals surface area contributed by atoms with E-state index < -0.39 is 6.04 Å². The van der Waals surface area contributed by atoms with Crippen LogP contribution in [0.1, 0.15) is 17.2 Å². The molecule has 1 atom stereocenters. The van der Waals surface area contributed by atoms with Gasteiger partial charge in [-0.1, -0.05) is 12.1 Å². The van der Waals surface area contributed by atoms with Gasteiger partial charge >= 0.3 is 0 Å². The molecular formula is C15H17FN2O2. The van der Waals surface area contributed by atoms with Crippen molar-refractivity contribution >= 4 is 5.91 Å². The number of furan rings is 1. The van der Waals surface area contributed by atoms with E-state index in [9.17, 15) is 9.18 Å². The van der Waals surface area contributed by atoms with Gasteiger partial charge in [0.2, 0.25) is 5.91 Å².